The molecule has 1 aromatic heterocycles. The van der Waals surface area contributed by atoms with Crippen LogP contribution in [0.15, 0.2) is 29.4 Å². The third-order valence-electron chi connectivity index (χ3n) is 4.10. The zero-order valence-electron chi connectivity index (χ0n) is 15.3. The van der Waals surface area contributed by atoms with Gasteiger partial charge in [-0.3, -0.25) is 4.79 Å². The van der Waals surface area contributed by atoms with Gasteiger partial charge in [-0.05, 0) is 34.9 Å². The number of ether oxygens (including phenoxy) is 1. The van der Waals surface area contributed by atoms with Gasteiger partial charge >= 0.3 is 5.97 Å². The Morgan fingerprint density at radius 2 is 2.08 bits per heavy atom. The maximum absolute atomic E-state index is 12.3. The molecular weight excluding hydrogens is 354 g/mol. The molecule has 0 radical (unpaired) electrons. The van der Waals surface area contributed by atoms with Gasteiger partial charge in [0.2, 0.25) is 11.1 Å². The molecule has 0 aliphatic rings. The Morgan fingerprint density at radius 3 is 2.73 bits per heavy atom. The van der Waals surface area contributed by atoms with Gasteiger partial charge < -0.3 is 10.1 Å². The quantitative estimate of drug-likeness (QED) is 0.553. The van der Waals surface area contributed by atoms with Crippen LogP contribution in [0.3, 0.4) is 0 Å². The smallest absolute Gasteiger partial charge is 0.328 e. The van der Waals surface area contributed by atoms with Gasteiger partial charge in [-0.25, -0.2) is 4.79 Å². The first kappa shape index (κ1) is 19.9. The normalized spacial score (nSPS) is 13.1. The summed E-state index contributed by atoms with van der Waals surface area (Å²) < 4.78 is 6.38. The number of aromatic nitrogens is 4. The van der Waals surface area contributed by atoms with Crippen molar-refractivity contribution in [2.45, 2.75) is 38.4 Å². The molecule has 0 aliphatic heterocycles. The average Bonchev–Trinajstić information content (AvgIpc) is 3.11. The fourth-order valence-electron chi connectivity index (χ4n) is 2.36. The van der Waals surface area contributed by atoms with Crippen LogP contribution in [0.5, 0.6) is 0 Å². The number of thioether (sulfide) groups is 1. The number of amides is 1. The number of aryl methyl sites for hydroxylation is 1. The van der Waals surface area contributed by atoms with Crippen LogP contribution in [0, 0.1) is 12.8 Å². The summed E-state index contributed by atoms with van der Waals surface area (Å²) in [6.45, 7) is 5.82. The monoisotopic (exact) mass is 377 g/mol. The number of nitrogens with zero attached hydrogens (tertiary/aromatic N) is 4. The molecule has 1 amide bonds. The summed E-state index contributed by atoms with van der Waals surface area (Å²) >= 11 is 1.21. The number of carbonyl (C=O) groups excluding carboxylic acids is 2. The molecule has 1 N–H and O–H groups in total. The summed E-state index contributed by atoms with van der Waals surface area (Å²) in [7, 11) is 1.31. The van der Waals surface area contributed by atoms with Gasteiger partial charge in [0, 0.05) is 0 Å². The average molecular weight is 377 g/mol. The predicted molar refractivity (Wildman–Crippen MR) is 98.0 cm³/mol. The van der Waals surface area contributed by atoms with Crippen LogP contribution in [-0.2, 0) is 14.3 Å². The lowest BCUT2D eigenvalue weighted by atomic mass is 9.99. The van der Waals surface area contributed by atoms with E-state index in [1.807, 2.05) is 45.0 Å². The Balaban J connectivity index is 2.03. The molecule has 0 aliphatic carbocycles. The first-order valence-corrected chi connectivity index (χ1v) is 9.30. The van der Waals surface area contributed by atoms with Gasteiger partial charge in [-0.1, -0.05) is 50.2 Å². The Kier molecular flexibility index (Phi) is 7.14. The minimum atomic E-state index is -0.662. The number of para-hydroxylation sites is 1. The van der Waals surface area contributed by atoms with Crippen molar-refractivity contribution in [3.8, 4) is 5.69 Å². The Morgan fingerprint density at radius 1 is 1.35 bits per heavy atom. The standard InChI is InChI=1S/C17H23N5O3S/c1-5-11(2)15(16(24)25-4)18-14(23)10-26-17-19-20-21-22(17)13-9-7-6-8-12(13)3/h6-9,11,15H,5,10H2,1-4H3,(H,18,23)/t11-,15-/m0/s1. The molecular formula is C17H23N5O3S. The fraction of sp³-hybridized carbons (Fsp3) is 0.471. The van der Waals surface area contributed by atoms with Gasteiger partial charge in [-0.15, -0.1) is 5.10 Å². The Bertz CT molecular complexity index is 764. The van der Waals surface area contributed by atoms with E-state index in [1.54, 1.807) is 4.68 Å². The maximum atomic E-state index is 12.3. The lowest BCUT2D eigenvalue weighted by Gasteiger charge is -2.21. The third-order valence-corrected chi connectivity index (χ3v) is 5.02. The lowest BCUT2D eigenvalue weighted by Crippen LogP contribution is -2.46. The fourth-order valence-corrected chi connectivity index (χ4v) is 3.06. The second-order valence-corrected chi connectivity index (χ2v) is 6.84. The van der Waals surface area contributed by atoms with Crippen molar-refractivity contribution in [3.63, 3.8) is 0 Å². The molecule has 26 heavy (non-hydrogen) atoms. The Labute approximate surface area is 156 Å². The minimum Gasteiger partial charge on any atom is -0.467 e. The highest BCUT2D eigenvalue weighted by atomic mass is 32.2. The van der Waals surface area contributed by atoms with Crippen LogP contribution < -0.4 is 5.32 Å². The van der Waals surface area contributed by atoms with Crippen molar-refractivity contribution in [1.82, 2.24) is 25.5 Å². The summed E-state index contributed by atoms with van der Waals surface area (Å²) in [4.78, 5) is 24.2. The second kappa shape index (κ2) is 9.33. The van der Waals surface area contributed by atoms with E-state index in [4.69, 9.17) is 4.74 Å². The molecule has 140 valence electrons. The largest absolute Gasteiger partial charge is 0.467 e. The predicted octanol–water partition coefficient (Wildman–Crippen LogP) is 1.77. The summed E-state index contributed by atoms with van der Waals surface area (Å²) in [5.74, 6) is -0.642. The molecule has 0 spiro atoms. The molecule has 8 nitrogen and oxygen atoms in total. The van der Waals surface area contributed by atoms with Crippen molar-refractivity contribution in [3.05, 3.63) is 29.8 Å². The number of hydrogen-bond donors (Lipinski definition) is 1. The van der Waals surface area contributed by atoms with Gasteiger partial charge in [0.25, 0.3) is 0 Å². The topological polar surface area (TPSA) is 99.0 Å². The van der Waals surface area contributed by atoms with Crippen LogP contribution in [0.2, 0.25) is 0 Å². The molecule has 2 rings (SSSR count). The molecule has 9 heteroatoms. The molecule has 0 saturated carbocycles. The summed E-state index contributed by atoms with van der Waals surface area (Å²) in [5.41, 5.74) is 1.88. The highest BCUT2D eigenvalue weighted by Crippen LogP contribution is 2.20. The van der Waals surface area contributed by atoms with Crippen LogP contribution in [-0.4, -0.2) is 51.0 Å². The zero-order chi connectivity index (χ0) is 19.1. The third kappa shape index (κ3) is 4.81. The van der Waals surface area contributed by atoms with Crippen LogP contribution in [0.4, 0.5) is 0 Å². The van der Waals surface area contributed by atoms with E-state index < -0.39 is 12.0 Å². The summed E-state index contributed by atoms with van der Waals surface area (Å²) in [6, 6.07) is 7.05. The van der Waals surface area contributed by atoms with E-state index in [-0.39, 0.29) is 17.6 Å². The molecule has 2 atom stereocenters. The number of tetrazole rings is 1. The van der Waals surface area contributed by atoms with Gasteiger partial charge in [0.1, 0.15) is 6.04 Å². The molecule has 0 fully saturated rings. The molecule has 0 bridgehead atoms. The van der Waals surface area contributed by atoms with Crippen molar-refractivity contribution in [2.75, 3.05) is 12.9 Å². The second-order valence-electron chi connectivity index (χ2n) is 5.90. The molecule has 2 aromatic rings. The van der Waals surface area contributed by atoms with Crippen molar-refractivity contribution < 1.29 is 14.3 Å². The number of methoxy groups -OCH3 is 1. The summed E-state index contributed by atoms with van der Waals surface area (Å²) in [6.07, 6.45) is 0.749. The van der Waals surface area contributed by atoms with Gasteiger partial charge in [0.05, 0.1) is 18.6 Å². The van der Waals surface area contributed by atoms with Crippen molar-refractivity contribution in [1.29, 1.82) is 0 Å². The van der Waals surface area contributed by atoms with E-state index >= 15 is 0 Å². The number of nitrogens with one attached hydrogen (secondary N) is 1. The van der Waals surface area contributed by atoms with E-state index in [0.717, 1.165) is 17.7 Å². The molecule has 1 heterocycles. The van der Waals surface area contributed by atoms with Crippen LogP contribution in [0.1, 0.15) is 25.8 Å². The number of carbonyl (C=O) groups is 2. The molecule has 0 unspecified atom stereocenters. The van der Waals surface area contributed by atoms with Crippen LogP contribution in [0.25, 0.3) is 5.69 Å². The van der Waals surface area contributed by atoms with Crippen molar-refractivity contribution >= 4 is 23.6 Å². The van der Waals surface area contributed by atoms with E-state index in [2.05, 4.69) is 20.8 Å². The van der Waals surface area contributed by atoms with Gasteiger partial charge in [-0.2, -0.15) is 4.68 Å². The number of benzene rings is 1. The first-order chi connectivity index (χ1) is 12.5. The molecule has 1 aromatic carbocycles. The summed E-state index contributed by atoms with van der Waals surface area (Å²) in [5, 5.41) is 14.9. The van der Waals surface area contributed by atoms with E-state index in [9.17, 15) is 9.59 Å². The Hall–Kier alpha value is -2.42. The highest BCUT2D eigenvalue weighted by Gasteiger charge is 2.26. The van der Waals surface area contributed by atoms with Gasteiger partial charge in [0.15, 0.2) is 0 Å². The molecule has 0 saturated heterocycles. The number of hydrogen-bond acceptors (Lipinski definition) is 7. The highest BCUT2D eigenvalue weighted by molar-refractivity contribution is 7.99. The maximum Gasteiger partial charge on any atom is 0.328 e. The van der Waals surface area contributed by atoms with Crippen molar-refractivity contribution in [2.24, 2.45) is 5.92 Å². The lowest BCUT2D eigenvalue weighted by molar-refractivity contribution is -0.146. The SMILES string of the molecule is CC[C@H](C)[C@H](NC(=O)CSc1nnnn1-c1ccccc1C)C(=O)OC. The first-order valence-electron chi connectivity index (χ1n) is 8.32. The van der Waals surface area contributed by atoms with E-state index in [1.165, 1.54) is 18.9 Å². The van der Waals surface area contributed by atoms with Crippen LogP contribution >= 0.6 is 11.8 Å². The zero-order valence-corrected chi connectivity index (χ0v) is 16.1. The number of rotatable bonds is 8. The van der Waals surface area contributed by atoms with E-state index in [0.29, 0.717) is 5.16 Å². The minimum absolute atomic E-state index is 0.0197. The number of esters is 1.